The summed E-state index contributed by atoms with van der Waals surface area (Å²) in [4.78, 5) is 14.3. The highest BCUT2D eigenvalue weighted by atomic mass is 19.1. The summed E-state index contributed by atoms with van der Waals surface area (Å²) in [7, 11) is 4.60. The van der Waals surface area contributed by atoms with E-state index in [4.69, 9.17) is 9.47 Å². The van der Waals surface area contributed by atoms with Gasteiger partial charge < -0.3 is 14.4 Å². The molecular formula is C18H20FNO3. The molecule has 0 radical (unpaired) electrons. The minimum Gasteiger partial charge on any atom is -0.496 e. The molecule has 122 valence electrons. The number of methoxy groups -OCH3 is 2. The first kappa shape index (κ1) is 16.8. The number of carbonyl (C=O) groups is 1. The van der Waals surface area contributed by atoms with Gasteiger partial charge in [0.15, 0.2) is 11.6 Å². The average Bonchev–Trinajstić information content (AvgIpc) is 2.59. The molecule has 4 nitrogen and oxygen atoms in total. The predicted molar refractivity (Wildman–Crippen MR) is 86.5 cm³/mol. The van der Waals surface area contributed by atoms with E-state index in [0.29, 0.717) is 5.75 Å². The molecule has 0 saturated heterocycles. The summed E-state index contributed by atoms with van der Waals surface area (Å²) in [5.74, 6) is -0.223. The second-order valence-electron chi connectivity index (χ2n) is 5.15. The lowest BCUT2D eigenvalue weighted by Crippen LogP contribution is -2.30. The molecule has 0 bridgehead atoms. The summed E-state index contributed by atoms with van der Waals surface area (Å²) in [6, 6.07) is 11.6. The third kappa shape index (κ3) is 3.28. The van der Waals surface area contributed by atoms with E-state index in [1.807, 2.05) is 31.2 Å². The Balaban J connectivity index is 2.35. The fourth-order valence-electron chi connectivity index (χ4n) is 2.47. The molecule has 2 aromatic rings. The highest BCUT2D eigenvalue weighted by molar-refractivity contribution is 5.97. The van der Waals surface area contributed by atoms with Crippen molar-refractivity contribution >= 4 is 5.91 Å². The Morgan fingerprint density at radius 2 is 1.78 bits per heavy atom. The van der Waals surface area contributed by atoms with Gasteiger partial charge >= 0.3 is 0 Å². The lowest BCUT2D eigenvalue weighted by atomic mass is 10.0. The van der Waals surface area contributed by atoms with E-state index >= 15 is 0 Å². The Kier molecular flexibility index (Phi) is 5.21. The van der Waals surface area contributed by atoms with Crippen molar-refractivity contribution in [2.45, 2.75) is 13.0 Å². The van der Waals surface area contributed by atoms with Gasteiger partial charge in [-0.15, -0.1) is 0 Å². The Morgan fingerprint density at radius 1 is 1.09 bits per heavy atom. The van der Waals surface area contributed by atoms with Crippen LogP contribution in [0.2, 0.25) is 0 Å². The van der Waals surface area contributed by atoms with Crippen LogP contribution in [-0.2, 0) is 0 Å². The number of rotatable bonds is 5. The summed E-state index contributed by atoms with van der Waals surface area (Å²) >= 11 is 0. The van der Waals surface area contributed by atoms with Crippen molar-refractivity contribution in [3.05, 3.63) is 59.4 Å². The molecule has 0 spiro atoms. The largest absolute Gasteiger partial charge is 0.496 e. The SMILES string of the molecule is COc1ccccc1C(C)N(C)C(=O)c1cccc(F)c1OC. The molecule has 1 unspecified atom stereocenters. The number of hydrogen-bond acceptors (Lipinski definition) is 3. The van der Waals surface area contributed by atoms with Crippen LogP contribution in [0.5, 0.6) is 11.5 Å². The van der Waals surface area contributed by atoms with Gasteiger partial charge in [0.1, 0.15) is 5.75 Å². The predicted octanol–water partition coefficient (Wildman–Crippen LogP) is 3.68. The third-order valence-corrected chi connectivity index (χ3v) is 3.89. The zero-order valence-electron chi connectivity index (χ0n) is 13.7. The van der Waals surface area contributed by atoms with Crippen molar-refractivity contribution < 1.29 is 18.7 Å². The maximum Gasteiger partial charge on any atom is 0.257 e. The van der Waals surface area contributed by atoms with E-state index in [1.165, 1.54) is 24.1 Å². The van der Waals surface area contributed by atoms with Crippen molar-refractivity contribution in [1.82, 2.24) is 4.90 Å². The summed E-state index contributed by atoms with van der Waals surface area (Å²) in [6.07, 6.45) is 0. The van der Waals surface area contributed by atoms with E-state index in [9.17, 15) is 9.18 Å². The van der Waals surface area contributed by atoms with E-state index in [-0.39, 0.29) is 23.3 Å². The van der Waals surface area contributed by atoms with Crippen LogP contribution in [-0.4, -0.2) is 32.1 Å². The van der Waals surface area contributed by atoms with Crippen LogP contribution in [0.4, 0.5) is 4.39 Å². The Bertz CT molecular complexity index is 702. The van der Waals surface area contributed by atoms with Gasteiger partial charge in [0.05, 0.1) is 25.8 Å². The molecule has 2 aromatic carbocycles. The van der Waals surface area contributed by atoms with Gasteiger partial charge in [0.25, 0.3) is 5.91 Å². The van der Waals surface area contributed by atoms with Crippen molar-refractivity contribution in [2.75, 3.05) is 21.3 Å². The fraction of sp³-hybridized carbons (Fsp3) is 0.278. The van der Waals surface area contributed by atoms with Gasteiger partial charge in [0.2, 0.25) is 0 Å². The molecule has 0 aliphatic heterocycles. The average molecular weight is 317 g/mol. The van der Waals surface area contributed by atoms with Crippen molar-refractivity contribution in [2.24, 2.45) is 0 Å². The lowest BCUT2D eigenvalue weighted by Gasteiger charge is -2.27. The molecule has 0 aliphatic carbocycles. The van der Waals surface area contributed by atoms with Gasteiger partial charge in [-0.1, -0.05) is 24.3 Å². The molecule has 0 heterocycles. The number of para-hydroxylation sites is 2. The molecule has 5 heteroatoms. The topological polar surface area (TPSA) is 38.8 Å². The minimum absolute atomic E-state index is 0.0448. The van der Waals surface area contributed by atoms with Crippen LogP contribution < -0.4 is 9.47 Å². The van der Waals surface area contributed by atoms with E-state index < -0.39 is 5.82 Å². The molecule has 0 fully saturated rings. The van der Waals surface area contributed by atoms with Crippen LogP contribution in [0.15, 0.2) is 42.5 Å². The highest BCUT2D eigenvalue weighted by Gasteiger charge is 2.24. The summed E-state index contributed by atoms with van der Waals surface area (Å²) < 4.78 is 24.2. The second-order valence-corrected chi connectivity index (χ2v) is 5.15. The van der Waals surface area contributed by atoms with E-state index in [1.54, 1.807) is 20.2 Å². The van der Waals surface area contributed by atoms with Gasteiger partial charge in [-0.05, 0) is 25.1 Å². The molecule has 0 saturated carbocycles. The first-order valence-corrected chi connectivity index (χ1v) is 7.23. The monoisotopic (exact) mass is 317 g/mol. The number of nitrogens with zero attached hydrogens (tertiary/aromatic N) is 1. The van der Waals surface area contributed by atoms with Crippen LogP contribution in [0.25, 0.3) is 0 Å². The molecule has 0 aliphatic rings. The summed E-state index contributed by atoms with van der Waals surface area (Å²) in [6.45, 7) is 1.89. The number of halogens is 1. The molecule has 0 aromatic heterocycles. The fourth-order valence-corrected chi connectivity index (χ4v) is 2.47. The number of ether oxygens (including phenoxy) is 2. The number of hydrogen-bond donors (Lipinski definition) is 0. The van der Waals surface area contributed by atoms with Gasteiger partial charge in [0, 0.05) is 12.6 Å². The number of benzene rings is 2. The number of carbonyl (C=O) groups excluding carboxylic acids is 1. The van der Waals surface area contributed by atoms with Crippen molar-refractivity contribution in [1.29, 1.82) is 0 Å². The van der Waals surface area contributed by atoms with E-state index in [2.05, 4.69) is 0 Å². The molecule has 23 heavy (non-hydrogen) atoms. The van der Waals surface area contributed by atoms with E-state index in [0.717, 1.165) is 5.56 Å². The van der Waals surface area contributed by atoms with Gasteiger partial charge in [-0.25, -0.2) is 4.39 Å². The maximum atomic E-state index is 13.8. The summed E-state index contributed by atoms with van der Waals surface area (Å²) in [5, 5.41) is 0. The standard InChI is InChI=1S/C18H20FNO3/c1-12(13-8-5-6-11-16(13)22-3)20(2)18(21)14-9-7-10-15(19)17(14)23-4/h5-12H,1-4H3. The normalized spacial score (nSPS) is 11.7. The van der Waals surface area contributed by atoms with Crippen molar-refractivity contribution in [3.8, 4) is 11.5 Å². The van der Waals surface area contributed by atoms with Crippen LogP contribution in [0, 0.1) is 5.82 Å². The van der Waals surface area contributed by atoms with Crippen LogP contribution in [0.3, 0.4) is 0 Å². The first-order valence-electron chi connectivity index (χ1n) is 7.23. The highest BCUT2D eigenvalue weighted by Crippen LogP contribution is 2.31. The molecule has 2 rings (SSSR count). The molecule has 1 amide bonds. The Morgan fingerprint density at radius 3 is 2.43 bits per heavy atom. The molecular weight excluding hydrogens is 297 g/mol. The van der Waals surface area contributed by atoms with Crippen molar-refractivity contribution in [3.63, 3.8) is 0 Å². The smallest absolute Gasteiger partial charge is 0.257 e. The third-order valence-electron chi connectivity index (χ3n) is 3.89. The lowest BCUT2D eigenvalue weighted by molar-refractivity contribution is 0.0736. The summed E-state index contributed by atoms with van der Waals surface area (Å²) in [5.41, 5.74) is 1.07. The first-order chi connectivity index (χ1) is 11.0. The molecule has 1 atom stereocenters. The zero-order chi connectivity index (χ0) is 17.0. The second kappa shape index (κ2) is 7.13. The Labute approximate surface area is 135 Å². The number of amides is 1. The zero-order valence-corrected chi connectivity index (χ0v) is 13.7. The minimum atomic E-state index is -0.559. The van der Waals surface area contributed by atoms with Gasteiger partial charge in [-0.2, -0.15) is 0 Å². The van der Waals surface area contributed by atoms with Gasteiger partial charge in [-0.3, -0.25) is 4.79 Å². The Hall–Kier alpha value is -2.56. The quantitative estimate of drug-likeness (QED) is 0.844. The molecule has 0 N–H and O–H groups in total. The van der Waals surface area contributed by atoms with Crippen LogP contribution >= 0.6 is 0 Å². The maximum absolute atomic E-state index is 13.8. The van der Waals surface area contributed by atoms with Crippen LogP contribution in [0.1, 0.15) is 28.9 Å².